The molecule has 0 spiro atoms. The van der Waals surface area contributed by atoms with Gasteiger partial charge in [-0.05, 0) is 46.5 Å². The lowest BCUT2D eigenvalue weighted by Crippen LogP contribution is -2.19. The molecule has 2 N–H and O–H groups in total. The van der Waals surface area contributed by atoms with Crippen LogP contribution in [0, 0.1) is 11.3 Å². The summed E-state index contributed by atoms with van der Waals surface area (Å²) in [5.74, 6) is 0.340. The van der Waals surface area contributed by atoms with Gasteiger partial charge in [0.05, 0.1) is 42.2 Å². The Morgan fingerprint density at radius 3 is 2.42 bits per heavy atom. The first-order valence-electron chi connectivity index (χ1n) is 12.4. The number of fused-ring (bicyclic) bond motifs is 1. The van der Waals surface area contributed by atoms with Crippen molar-refractivity contribution >= 4 is 38.5 Å². The fourth-order valence-corrected chi connectivity index (χ4v) is 4.93. The zero-order valence-electron chi connectivity index (χ0n) is 22.3. The molecule has 4 aromatic rings. The minimum atomic E-state index is -3.46. The van der Waals surface area contributed by atoms with Crippen LogP contribution in [0.2, 0.25) is 5.02 Å². The highest BCUT2D eigenvalue weighted by Crippen LogP contribution is 2.39. The Balaban J connectivity index is 1.55. The highest BCUT2D eigenvalue weighted by atomic mass is 35.5. The number of aromatic nitrogens is 2. The lowest BCUT2D eigenvalue weighted by Gasteiger charge is -2.27. The number of halogens is 1. The third-order valence-corrected chi connectivity index (χ3v) is 7.23. The zero-order valence-corrected chi connectivity index (χ0v) is 23.9. The number of benzene rings is 3. The number of nitrogens with zero attached hydrogens (tertiary/aromatic N) is 3. The van der Waals surface area contributed by atoms with Crippen molar-refractivity contribution in [1.29, 1.82) is 5.26 Å². The summed E-state index contributed by atoms with van der Waals surface area (Å²) >= 11 is 6.54. The van der Waals surface area contributed by atoms with Crippen LogP contribution in [0.1, 0.15) is 30.5 Å². The zero-order chi connectivity index (χ0) is 28.9. The average molecular weight is 581 g/mol. The molecule has 0 saturated carbocycles. The van der Waals surface area contributed by atoms with E-state index >= 15 is 0 Å². The van der Waals surface area contributed by atoms with Crippen LogP contribution >= 0.6 is 11.6 Å². The summed E-state index contributed by atoms with van der Waals surface area (Å²) in [6, 6.07) is 19.6. The molecule has 1 aromatic heterocycles. The largest absolute Gasteiger partial charge is 0.488 e. The molecule has 0 amide bonds. The summed E-state index contributed by atoms with van der Waals surface area (Å²) in [6.07, 6.45) is 2.64. The van der Waals surface area contributed by atoms with Gasteiger partial charge in [0.2, 0.25) is 16.0 Å². The number of aliphatic hydroxyl groups is 1. The molecule has 11 heteroatoms. The lowest BCUT2D eigenvalue weighted by molar-refractivity contribution is 0.0705. The molecule has 0 fully saturated rings. The van der Waals surface area contributed by atoms with E-state index in [2.05, 4.69) is 34.6 Å². The number of hydrogen-bond donors (Lipinski definition) is 2. The predicted octanol–water partition coefficient (Wildman–Crippen LogP) is 4.91. The Morgan fingerprint density at radius 1 is 1.02 bits per heavy atom. The van der Waals surface area contributed by atoms with Gasteiger partial charge in [-0.2, -0.15) is 5.26 Å². The van der Waals surface area contributed by atoms with E-state index in [1.807, 2.05) is 48.5 Å². The minimum absolute atomic E-state index is 0.0284. The fraction of sp³-hybridized carbons (Fsp3) is 0.276. The normalized spacial score (nSPS) is 11.8. The molecule has 0 saturated heterocycles. The van der Waals surface area contributed by atoms with Crippen molar-refractivity contribution in [2.75, 3.05) is 37.4 Å². The van der Waals surface area contributed by atoms with Crippen LogP contribution in [0.15, 0.2) is 60.8 Å². The quantitative estimate of drug-likeness (QED) is 0.239. The summed E-state index contributed by atoms with van der Waals surface area (Å²) in [4.78, 5) is 8.37. The molecule has 0 bridgehead atoms. The Kier molecular flexibility index (Phi) is 8.91. The van der Waals surface area contributed by atoms with Gasteiger partial charge >= 0.3 is 0 Å². The van der Waals surface area contributed by atoms with E-state index in [0.717, 1.165) is 33.9 Å². The number of nitrogens with one attached hydrogen (secondary N) is 1. The maximum Gasteiger partial charge on any atom is 0.237 e. The Bertz CT molecular complexity index is 1670. The molecule has 0 aliphatic carbocycles. The molecule has 3 aromatic carbocycles. The van der Waals surface area contributed by atoms with Crippen LogP contribution < -0.4 is 9.46 Å². The molecule has 0 atom stereocenters. The number of aliphatic hydroxyl groups excluding tert-OH is 1. The second kappa shape index (κ2) is 12.2. The van der Waals surface area contributed by atoms with Gasteiger partial charge in [-0.1, -0.05) is 55.8 Å². The van der Waals surface area contributed by atoms with E-state index in [4.69, 9.17) is 26.2 Å². The van der Waals surface area contributed by atoms with Crippen LogP contribution in [0.5, 0.6) is 5.75 Å². The molecule has 40 heavy (non-hydrogen) atoms. The maximum absolute atomic E-state index is 11.5. The number of hydrogen-bond acceptors (Lipinski definition) is 8. The Labute approximate surface area is 238 Å². The van der Waals surface area contributed by atoms with E-state index < -0.39 is 15.4 Å². The van der Waals surface area contributed by atoms with Crippen LogP contribution in [0.25, 0.3) is 22.0 Å². The molecule has 0 radical (unpaired) electrons. The van der Waals surface area contributed by atoms with Crippen molar-refractivity contribution in [3.63, 3.8) is 0 Å². The summed E-state index contributed by atoms with van der Waals surface area (Å²) in [7, 11) is -3.46. The van der Waals surface area contributed by atoms with Gasteiger partial charge < -0.3 is 14.6 Å². The van der Waals surface area contributed by atoms with Crippen LogP contribution in [-0.2, 0) is 20.2 Å². The van der Waals surface area contributed by atoms with Gasteiger partial charge in [-0.25, -0.2) is 18.4 Å². The number of nitriles is 1. The van der Waals surface area contributed by atoms with Gasteiger partial charge in [0.1, 0.15) is 12.7 Å². The third kappa shape index (κ3) is 6.87. The topological polar surface area (TPSA) is 134 Å². The van der Waals surface area contributed by atoms with E-state index in [1.165, 1.54) is 0 Å². The molecule has 0 aliphatic rings. The molecule has 0 unspecified atom stereocenters. The first-order valence-corrected chi connectivity index (χ1v) is 14.7. The van der Waals surface area contributed by atoms with Crippen molar-refractivity contribution in [2.24, 2.45) is 0 Å². The van der Waals surface area contributed by atoms with Crippen LogP contribution in [0.3, 0.4) is 0 Å². The van der Waals surface area contributed by atoms with Gasteiger partial charge in [-0.15, -0.1) is 0 Å². The van der Waals surface area contributed by atoms with Crippen molar-refractivity contribution in [2.45, 2.75) is 19.3 Å². The SMILES string of the molecule is CC(C)(c1ccc(-c2ccc3nc(NS(C)(=O)=O)ncc3c2)cc1)c1cc(Cl)c(OCCOCCO)c(C#N)c1. The molecule has 0 aliphatic heterocycles. The second-order valence-corrected chi connectivity index (χ2v) is 11.8. The van der Waals surface area contributed by atoms with Crippen LogP contribution in [-0.4, -0.2) is 56.2 Å². The van der Waals surface area contributed by atoms with E-state index in [-0.39, 0.29) is 32.4 Å². The summed E-state index contributed by atoms with van der Waals surface area (Å²) in [5, 5.41) is 19.7. The maximum atomic E-state index is 11.5. The number of anilines is 1. The minimum Gasteiger partial charge on any atom is -0.488 e. The average Bonchev–Trinajstić information content (AvgIpc) is 2.92. The summed E-state index contributed by atoms with van der Waals surface area (Å²) in [5.41, 5.74) is 4.35. The smallest absolute Gasteiger partial charge is 0.237 e. The van der Waals surface area contributed by atoms with E-state index in [0.29, 0.717) is 21.9 Å². The number of rotatable bonds is 11. The number of ether oxygens (including phenoxy) is 2. The molecular formula is C29H29ClN4O5S. The lowest BCUT2D eigenvalue weighted by atomic mass is 9.77. The number of sulfonamides is 1. The molecular weight excluding hydrogens is 552 g/mol. The highest BCUT2D eigenvalue weighted by Gasteiger charge is 2.26. The second-order valence-electron chi connectivity index (χ2n) is 9.67. The summed E-state index contributed by atoms with van der Waals surface area (Å²) < 4.78 is 36.1. The molecule has 1 heterocycles. The first kappa shape index (κ1) is 29.2. The van der Waals surface area contributed by atoms with Crippen molar-refractivity contribution in [3.05, 3.63) is 82.5 Å². The Morgan fingerprint density at radius 2 is 1.75 bits per heavy atom. The monoisotopic (exact) mass is 580 g/mol. The van der Waals surface area contributed by atoms with Crippen molar-refractivity contribution < 1.29 is 23.0 Å². The van der Waals surface area contributed by atoms with Gasteiger partial charge in [-0.3, -0.25) is 4.72 Å². The van der Waals surface area contributed by atoms with E-state index in [1.54, 1.807) is 12.3 Å². The fourth-order valence-electron chi connectivity index (χ4n) is 4.23. The summed E-state index contributed by atoms with van der Waals surface area (Å²) in [6.45, 7) is 4.75. The molecule has 4 rings (SSSR count). The molecule has 208 valence electrons. The van der Waals surface area contributed by atoms with E-state index in [9.17, 15) is 13.7 Å². The standard InChI is InChI=1S/C29H29ClN4O5S/c1-29(2,24-15-21(17-31)27(25(30)16-24)39-13-12-38-11-10-35)23-7-4-19(5-8-23)20-6-9-26-22(14-20)18-32-28(33-26)34-40(3,36)37/h4-9,14-16,18,35H,10-13H2,1-3H3,(H,32,33,34). The third-order valence-electron chi connectivity index (χ3n) is 6.39. The van der Waals surface area contributed by atoms with Gasteiger partial charge in [0.15, 0.2) is 5.75 Å². The Hall–Kier alpha value is -3.75. The van der Waals surface area contributed by atoms with Gasteiger partial charge in [0.25, 0.3) is 0 Å². The van der Waals surface area contributed by atoms with Gasteiger partial charge in [0, 0.05) is 17.0 Å². The van der Waals surface area contributed by atoms with Crippen LogP contribution in [0.4, 0.5) is 5.95 Å². The van der Waals surface area contributed by atoms with Crippen molar-refractivity contribution in [3.8, 4) is 22.9 Å². The first-order chi connectivity index (χ1) is 19.0. The molecule has 9 nitrogen and oxygen atoms in total. The predicted molar refractivity (Wildman–Crippen MR) is 155 cm³/mol. The highest BCUT2D eigenvalue weighted by molar-refractivity contribution is 7.91. The van der Waals surface area contributed by atoms with Crippen molar-refractivity contribution in [1.82, 2.24) is 9.97 Å².